The van der Waals surface area contributed by atoms with Crippen molar-refractivity contribution in [1.82, 2.24) is 5.73 Å². The normalized spacial score (nSPS) is 12.7. The summed E-state index contributed by atoms with van der Waals surface area (Å²) in [5.74, 6) is 0. The molecular formula is C16H11N3O6S2. The van der Waals surface area contributed by atoms with Crippen molar-refractivity contribution in [3.63, 3.8) is 0 Å². The van der Waals surface area contributed by atoms with Crippen molar-refractivity contribution in [1.29, 1.82) is 0 Å². The van der Waals surface area contributed by atoms with Gasteiger partial charge >= 0.3 is 0 Å². The molecule has 0 aliphatic heterocycles. The molecule has 0 aliphatic carbocycles. The summed E-state index contributed by atoms with van der Waals surface area (Å²) in [4.78, 5) is -1.11. The lowest BCUT2D eigenvalue weighted by Gasteiger charge is -2.08. The van der Waals surface area contributed by atoms with E-state index in [1.807, 2.05) is 0 Å². The zero-order chi connectivity index (χ0) is 19.8. The van der Waals surface area contributed by atoms with Crippen LogP contribution < -0.4 is 5.73 Å². The van der Waals surface area contributed by atoms with Crippen LogP contribution in [0.3, 0.4) is 0 Å². The largest absolute Gasteiger partial charge is 0.295 e. The average molecular weight is 405 g/mol. The van der Waals surface area contributed by atoms with Gasteiger partial charge in [-0.25, -0.2) is 0 Å². The van der Waals surface area contributed by atoms with Crippen molar-refractivity contribution < 1.29 is 25.9 Å². The number of rotatable bonds is 4. The Morgan fingerprint density at radius 1 is 0.704 bits per heavy atom. The van der Waals surface area contributed by atoms with Gasteiger partial charge in [0.25, 0.3) is 20.2 Å². The number of fused-ring (bicyclic) bond motifs is 1. The van der Waals surface area contributed by atoms with E-state index < -0.39 is 30.0 Å². The second kappa shape index (κ2) is 6.70. The van der Waals surface area contributed by atoms with E-state index in [9.17, 15) is 31.7 Å². The maximum absolute atomic E-state index is 11.7. The molecule has 3 rings (SSSR count). The van der Waals surface area contributed by atoms with Gasteiger partial charge in [-0.3, -0.25) is 9.11 Å². The molecule has 9 nitrogen and oxygen atoms in total. The minimum absolute atomic E-state index is 0.0195. The molecule has 138 valence electrons. The molecule has 2 N–H and O–H groups in total. The molecule has 0 atom stereocenters. The van der Waals surface area contributed by atoms with Gasteiger partial charge in [0.15, 0.2) is 0 Å². The lowest BCUT2D eigenvalue weighted by molar-refractivity contribution is 0.481. The maximum atomic E-state index is 11.7. The predicted octanol–water partition coefficient (Wildman–Crippen LogP) is 3.45. The zero-order valence-corrected chi connectivity index (χ0v) is 15.0. The molecular weight excluding hydrogens is 394 g/mol. The summed E-state index contributed by atoms with van der Waals surface area (Å²) in [6.45, 7) is 0. The van der Waals surface area contributed by atoms with Gasteiger partial charge in [-0.15, -0.1) is 0 Å². The van der Waals surface area contributed by atoms with Crippen LogP contribution in [0.5, 0.6) is 0 Å². The van der Waals surface area contributed by atoms with Crippen LogP contribution in [0.4, 0.5) is 17.1 Å². The first-order valence-electron chi connectivity index (χ1n) is 7.28. The Bertz CT molecular complexity index is 1270. The molecule has 0 bridgehead atoms. The Morgan fingerprint density at radius 2 is 1.30 bits per heavy atom. The summed E-state index contributed by atoms with van der Waals surface area (Å²) in [7, 11) is -9.37. The molecule has 0 amide bonds. The van der Waals surface area contributed by atoms with E-state index in [0.29, 0.717) is 5.69 Å². The van der Waals surface area contributed by atoms with E-state index in [4.69, 9.17) is 0 Å². The van der Waals surface area contributed by atoms with E-state index in [1.54, 1.807) is 0 Å². The number of benzene rings is 3. The standard InChI is InChI=1S/C16H11N3O6S2/c17-10-4-6-11(7-5-10)18-19-12-8-14-13(16(9-12)27(23,24)25)2-1-3-15(14)26(20,21)22/h1-9H,(H,20,21,22)(H,23,24,25)/b19-18+. The minimum Gasteiger partial charge on any atom is -0.282 e. The van der Waals surface area contributed by atoms with Crippen molar-refractivity contribution in [2.24, 2.45) is 10.2 Å². The van der Waals surface area contributed by atoms with Gasteiger partial charge in [-0.05, 0) is 42.5 Å². The monoisotopic (exact) mass is 405 g/mol. The molecule has 3 aromatic rings. The number of azo groups is 1. The first kappa shape index (κ1) is 18.9. The van der Waals surface area contributed by atoms with Crippen molar-refractivity contribution in [2.75, 3.05) is 0 Å². The van der Waals surface area contributed by atoms with Crippen molar-refractivity contribution in [2.45, 2.75) is 9.79 Å². The third-order valence-electron chi connectivity index (χ3n) is 3.59. The minimum atomic E-state index is -4.71. The summed E-state index contributed by atoms with van der Waals surface area (Å²) < 4.78 is 65.5. The van der Waals surface area contributed by atoms with Crippen LogP contribution in [-0.2, 0) is 20.2 Å². The second-order valence-corrected chi connectivity index (χ2v) is 8.24. The molecule has 0 aromatic heterocycles. The molecule has 0 heterocycles. The van der Waals surface area contributed by atoms with Gasteiger partial charge in [-0.2, -0.15) is 32.8 Å². The van der Waals surface area contributed by atoms with E-state index in [0.717, 1.165) is 12.1 Å². The van der Waals surface area contributed by atoms with Crippen molar-refractivity contribution >= 4 is 48.1 Å². The molecule has 0 spiro atoms. The lowest BCUT2D eigenvalue weighted by atomic mass is 10.1. The summed E-state index contributed by atoms with van der Waals surface area (Å²) >= 11 is 0. The van der Waals surface area contributed by atoms with E-state index in [-0.39, 0.29) is 22.1 Å². The zero-order valence-electron chi connectivity index (χ0n) is 13.4. The van der Waals surface area contributed by atoms with Crippen LogP contribution in [0.25, 0.3) is 10.8 Å². The molecule has 11 heteroatoms. The number of nitrogens with zero attached hydrogens (tertiary/aromatic N) is 3. The van der Waals surface area contributed by atoms with Crippen LogP contribution in [0.15, 0.2) is 74.6 Å². The van der Waals surface area contributed by atoms with Gasteiger partial charge in [0.1, 0.15) is 9.79 Å². The highest BCUT2D eigenvalue weighted by Crippen LogP contribution is 2.33. The van der Waals surface area contributed by atoms with Crippen LogP contribution in [0.2, 0.25) is 0 Å². The quantitative estimate of drug-likeness (QED) is 0.500. The van der Waals surface area contributed by atoms with E-state index >= 15 is 0 Å². The van der Waals surface area contributed by atoms with Gasteiger partial charge in [0.2, 0.25) is 0 Å². The first-order chi connectivity index (χ1) is 12.6. The third kappa shape index (κ3) is 4.11. The van der Waals surface area contributed by atoms with Crippen LogP contribution >= 0.6 is 0 Å². The van der Waals surface area contributed by atoms with Gasteiger partial charge in [0, 0.05) is 10.8 Å². The highest BCUT2D eigenvalue weighted by Gasteiger charge is 2.21. The second-order valence-electron chi connectivity index (χ2n) is 5.46. The van der Waals surface area contributed by atoms with Gasteiger partial charge in [0.05, 0.1) is 17.1 Å². The Balaban J connectivity index is 2.26. The van der Waals surface area contributed by atoms with Crippen molar-refractivity contribution in [3.05, 3.63) is 54.6 Å². The fourth-order valence-electron chi connectivity index (χ4n) is 2.44. The number of hydrogen-bond acceptors (Lipinski definition) is 6. The van der Waals surface area contributed by atoms with Crippen LogP contribution in [-0.4, -0.2) is 25.9 Å². The summed E-state index contributed by atoms with van der Waals surface area (Å²) in [5.41, 5.74) is 9.53. The smallest absolute Gasteiger partial charge is 0.282 e. The van der Waals surface area contributed by atoms with E-state index in [1.165, 1.54) is 42.5 Å². The summed E-state index contributed by atoms with van der Waals surface area (Å²) in [5, 5.41) is 7.47. The van der Waals surface area contributed by atoms with Crippen molar-refractivity contribution in [3.8, 4) is 0 Å². The van der Waals surface area contributed by atoms with Gasteiger partial charge < -0.3 is 0 Å². The topological polar surface area (TPSA) is 156 Å². The molecule has 2 radical (unpaired) electrons. The highest BCUT2D eigenvalue weighted by atomic mass is 32.2. The van der Waals surface area contributed by atoms with Crippen LogP contribution in [0, 0.1) is 0 Å². The molecule has 0 aliphatic rings. The summed E-state index contributed by atoms with van der Waals surface area (Å²) in [6.07, 6.45) is 0. The van der Waals surface area contributed by atoms with Crippen LogP contribution in [0.1, 0.15) is 0 Å². The molecule has 0 saturated carbocycles. The number of hydrogen-bond donors (Lipinski definition) is 2. The Labute approximate surface area is 154 Å². The summed E-state index contributed by atoms with van der Waals surface area (Å²) in [6, 6.07) is 11.5. The maximum Gasteiger partial charge on any atom is 0.295 e. The predicted molar refractivity (Wildman–Crippen MR) is 96.0 cm³/mol. The SMILES string of the molecule is [N]c1ccc(/N=N/c2cc(S(=O)(=O)O)c3cccc(S(=O)(=O)O)c3c2)cc1. The fourth-order valence-corrected chi connectivity index (χ4v) is 3.86. The fraction of sp³-hybridized carbons (Fsp3) is 0. The molecule has 0 saturated heterocycles. The third-order valence-corrected chi connectivity index (χ3v) is 5.39. The Morgan fingerprint density at radius 3 is 1.89 bits per heavy atom. The van der Waals surface area contributed by atoms with E-state index in [2.05, 4.69) is 10.2 Å². The molecule has 3 aromatic carbocycles. The van der Waals surface area contributed by atoms with Gasteiger partial charge in [-0.1, -0.05) is 12.1 Å². The molecule has 0 unspecified atom stereocenters. The Hall–Kier alpha value is -2.86. The Kier molecular flexibility index (Phi) is 4.70. The molecule has 0 fully saturated rings. The molecule has 27 heavy (non-hydrogen) atoms. The lowest BCUT2D eigenvalue weighted by Crippen LogP contribution is -2.03. The highest BCUT2D eigenvalue weighted by molar-refractivity contribution is 7.86. The first-order valence-corrected chi connectivity index (χ1v) is 10.2. The average Bonchev–Trinajstić information content (AvgIpc) is 2.58.